The Morgan fingerprint density at radius 3 is 2.73 bits per heavy atom. The second-order valence-corrected chi connectivity index (χ2v) is 6.18. The number of amides is 1. The van der Waals surface area contributed by atoms with Crippen LogP contribution in [0.2, 0.25) is 0 Å². The number of halogens is 1. The lowest BCUT2D eigenvalue weighted by molar-refractivity contribution is -0.147. The van der Waals surface area contributed by atoms with Crippen molar-refractivity contribution in [3.8, 4) is 0 Å². The van der Waals surface area contributed by atoms with E-state index in [4.69, 9.17) is 0 Å². The molecule has 2 heterocycles. The van der Waals surface area contributed by atoms with Gasteiger partial charge in [-0.15, -0.1) is 0 Å². The Hall–Kier alpha value is -2.37. The summed E-state index contributed by atoms with van der Waals surface area (Å²) < 4.78 is 13.8. The van der Waals surface area contributed by atoms with Gasteiger partial charge in [0.1, 0.15) is 11.5 Å². The lowest BCUT2D eigenvalue weighted by Gasteiger charge is -2.19. The van der Waals surface area contributed by atoms with Gasteiger partial charge in [0.15, 0.2) is 0 Å². The number of H-pyrrole nitrogens is 1. The maximum atomic E-state index is 13.8. The van der Waals surface area contributed by atoms with Gasteiger partial charge in [0.25, 0.3) is 5.91 Å². The molecule has 2 N–H and O–H groups in total. The third-order valence-corrected chi connectivity index (χ3v) is 4.47. The van der Waals surface area contributed by atoms with E-state index in [0.717, 1.165) is 5.56 Å². The minimum atomic E-state index is -0.914. The number of carbonyl (C=O) groups excluding carboxylic acids is 1. The number of likely N-dealkylation sites (tertiary alicyclic amines) is 1. The van der Waals surface area contributed by atoms with Crippen LogP contribution < -0.4 is 0 Å². The summed E-state index contributed by atoms with van der Waals surface area (Å²) in [6.45, 7) is 4.04. The van der Waals surface area contributed by atoms with Gasteiger partial charge in [-0.1, -0.05) is 6.07 Å². The zero-order valence-electron chi connectivity index (χ0n) is 12.4. The van der Waals surface area contributed by atoms with E-state index in [1.807, 2.05) is 6.92 Å². The summed E-state index contributed by atoms with van der Waals surface area (Å²) >= 11 is 0. The van der Waals surface area contributed by atoms with Crippen molar-refractivity contribution in [3.05, 3.63) is 35.3 Å². The molecule has 1 aliphatic rings. The van der Waals surface area contributed by atoms with Crippen molar-refractivity contribution in [1.82, 2.24) is 9.88 Å². The zero-order chi connectivity index (χ0) is 16.1. The van der Waals surface area contributed by atoms with E-state index in [9.17, 15) is 19.1 Å². The van der Waals surface area contributed by atoms with Crippen LogP contribution in [-0.2, 0) is 4.79 Å². The van der Waals surface area contributed by atoms with Crippen LogP contribution in [0.25, 0.3) is 10.9 Å². The number of rotatable bonds is 2. The number of hydrogen-bond acceptors (Lipinski definition) is 2. The van der Waals surface area contributed by atoms with Crippen LogP contribution in [0.15, 0.2) is 18.2 Å². The number of carboxylic acids is 1. The molecule has 116 valence electrons. The summed E-state index contributed by atoms with van der Waals surface area (Å²) in [6, 6.07) is 4.66. The van der Waals surface area contributed by atoms with Crippen LogP contribution in [-0.4, -0.2) is 40.0 Å². The summed E-state index contributed by atoms with van der Waals surface area (Å²) in [7, 11) is 0. The molecule has 6 heteroatoms. The Morgan fingerprint density at radius 2 is 2.14 bits per heavy atom. The Morgan fingerprint density at radius 1 is 1.41 bits per heavy atom. The van der Waals surface area contributed by atoms with Crippen molar-refractivity contribution in [2.45, 2.75) is 20.3 Å². The molecule has 3 rings (SSSR count). The highest BCUT2D eigenvalue weighted by molar-refractivity contribution is 5.99. The van der Waals surface area contributed by atoms with Crippen molar-refractivity contribution < 1.29 is 19.1 Å². The molecule has 1 atom stereocenters. The Kier molecular flexibility index (Phi) is 3.20. The summed E-state index contributed by atoms with van der Waals surface area (Å²) in [4.78, 5) is 28.1. The normalized spacial score (nSPS) is 21.5. The number of carboxylic acid groups (broad SMARTS) is 1. The fraction of sp³-hybridized carbons (Fsp3) is 0.375. The lowest BCUT2D eigenvalue weighted by atomic mass is 9.90. The van der Waals surface area contributed by atoms with E-state index in [2.05, 4.69) is 4.98 Å². The molecule has 2 aromatic rings. The highest BCUT2D eigenvalue weighted by Gasteiger charge is 2.42. The summed E-state index contributed by atoms with van der Waals surface area (Å²) in [5.74, 6) is -1.60. The molecule has 1 unspecified atom stereocenters. The summed E-state index contributed by atoms with van der Waals surface area (Å²) in [5, 5.41) is 9.90. The van der Waals surface area contributed by atoms with Crippen LogP contribution in [0, 0.1) is 18.2 Å². The monoisotopic (exact) mass is 304 g/mol. The number of nitrogens with one attached hydrogen (secondary N) is 1. The highest BCUT2D eigenvalue weighted by atomic mass is 19.1. The van der Waals surface area contributed by atoms with Gasteiger partial charge in [0.2, 0.25) is 0 Å². The summed E-state index contributed by atoms with van der Waals surface area (Å²) in [6.07, 6.45) is 0.418. The molecule has 0 saturated carbocycles. The van der Waals surface area contributed by atoms with Crippen molar-refractivity contribution in [2.75, 3.05) is 13.1 Å². The SMILES string of the molecule is Cc1ccc(F)c2[nH]c(C(=O)N3CCC(C)(C(=O)O)C3)cc12. The van der Waals surface area contributed by atoms with E-state index in [0.29, 0.717) is 23.9 Å². The molecular weight excluding hydrogens is 287 g/mol. The van der Waals surface area contributed by atoms with Crippen LogP contribution in [0.5, 0.6) is 0 Å². The molecule has 1 fully saturated rings. The van der Waals surface area contributed by atoms with Gasteiger partial charge < -0.3 is 15.0 Å². The van der Waals surface area contributed by atoms with Crippen LogP contribution in [0.3, 0.4) is 0 Å². The number of carbonyl (C=O) groups is 2. The van der Waals surface area contributed by atoms with Gasteiger partial charge in [0, 0.05) is 18.5 Å². The first-order valence-electron chi connectivity index (χ1n) is 7.12. The third-order valence-electron chi connectivity index (χ3n) is 4.47. The van der Waals surface area contributed by atoms with Crippen molar-refractivity contribution >= 4 is 22.8 Å². The number of aromatic amines is 1. The summed E-state index contributed by atoms with van der Waals surface area (Å²) in [5.41, 5.74) is 0.563. The molecule has 22 heavy (non-hydrogen) atoms. The molecule has 1 aromatic carbocycles. The maximum absolute atomic E-state index is 13.8. The average Bonchev–Trinajstić information content (AvgIpc) is 3.08. The first-order valence-corrected chi connectivity index (χ1v) is 7.12. The fourth-order valence-corrected chi connectivity index (χ4v) is 2.92. The molecule has 1 aliphatic heterocycles. The van der Waals surface area contributed by atoms with Gasteiger partial charge in [0.05, 0.1) is 10.9 Å². The van der Waals surface area contributed by atoms with E-state index >= 15 is 0 Å². The molecule has 1 saturated heterocycles. The predicted octanol–water partition coefficient (Wildman–Crippen LogP) is 2.55. The van der Waals surface area contributed by atoms with Gasteiger partial charge in [-0.2, -0.15) is 0 Å². The second-order valence-electron chi connectivity index (χ2n) is 6.18. The maximum Gasteiger partial charge on any atom is 0.311 e. The minimum Gasteiger partial charge on any atom is -0.481 e. The van der Waals surface area contributed by atoms with Gasteiger partial charge >= 0.3 is 5.97 Å². The number of benzene rings is 1. The Bertz CT molecular complexity index is 744. The molecule has 0 spiro atoms. The zero-order valence-corrected chi connectivity index (χ0v) is 12.4. The van der Waals surface area contributed by atoms with E-state index in [1.165, 1.54) is 11.0 Å². The van der Waals surface area contributed by atoms with E-state index < -0.39 is 17.2 Å². The molecule has 0 aliphatic carbocycles. The van der Waals surface area contributed by atoms with Crippen molar-refractivity contribution in [3.63, 3.8) is 0 Å². The first-order chi connectivity index (χ1) is 10.3. The number of aryl methyl sites for hydroxylation is 1. The predicted molar refractivity (Wildman–Crippen MR) is 79.3 cm³/mol. The van der Waals surface area contributed by atoms with Gasteiger partial charge in [-0.05, 0) is 38.0 Å². The topological polar surface area (TPSA) is 73.4 Å². The lowest BCUT2D eigenvalue weighted by Crippen LogP contribution is -2.35. The minimum absolute atomic E-state index is 0.165. The molecule has 0 radical (unpaired) electrons. The van der Waals surface area contributed by atoms with Crippen molar-refractivity contribution in [2.24, 2.45) is 5.41 Å². The van der Waals surface area contributed by atoms with Crippen LogP contribution >= 0.6 is 0 Å². The molecule has 5 nitrogen and oxygen atoms in total. The number of aliphatic carboxylic acids is 1. The van der Waals surface area contributed by atoms with Gasteiger partial charge in [-0.3, -0.25) is 9.59 Å². The van der Waals surface area contributed by atoms with E-state index in [-0.39, 0.29) is 18.1 Å². The Labute approximate surface area is 126 Å². The molecule has 1 amide bonds. The van der Waals surface area contributed by atoms with Crippen LogP contribution in [0.1, 0.15) is 29.4 Å². The Balaban J connectivity index is 1.92. The number of fused-ring (bicyclic) bond motifs is 1. The van der Waals surface area contributed by atoms with Crippen molar-refractivity contribution in [1.29, 1.82) is 0 Å². The largest absolute Gasteiger partial charge is 0.481 e. The number of aromatic nitrogens is 1. The molecule has 1 aromatic heterocycles. The first kappa shape index (κ1) is 14.6. The average molecular weight is 304 g/mol. The fourth-order valence-electron chi connectivity index (χ4n) is 2.92. The standard InChI is InChI=1S/C16H17FN2O3/c1-9-3-4-11(17)13-10(9)7-12(18-13)14(20)19-6-5-16(2,8-19)15(21)22/h3-4,7,18H,5-6,8H2,1-2H3,(H,21,22). The smallest absolute Gasteiger partial charge is 0.311 e. The molecular formula is C16H17FN2O3. The number of nitrogens with zero attached hydrogens (tertiary/aromatic N) is 1. The van der Waals surface area contributed by atoms with Gasteiger partial charge in [-0.25, -0.2) is 4.39 Å². The number of hydrogen-bond donors (Lipinski definition) is 2. The molecule has 0 bridgehead atoms. The third kappa shape index (κ3) is 2.15. The second kappa shape index (κ2) is 4.83. The van der Waals surface area contributed by atoms with E-state index in [1.54, 1.807) is 19.1 Å². The highest BCUT2D eigenvalue weighted by Crippen LogP contribution is 2.31. The van der Waals surface area contributed by atoms with Crippen LogP contribution in [0.4, 0.5) is 4.39 Å². The quantitative estimate of drug-likeness (QED) is 0.895.